The van der Waals surface area contributed by atoms with E-state index >= 15 is 0 Å². The Hall–Kier alpha value is -1.49. The molecule has 0 bridgehead atoms. The molecule has 1 aliphatic heterocycles. The Labute approximate surface area is 117 Å². The number of unbranched alkanes of at least 4 members (excludes halogenated alkanes) is 1. The fourth-order valence-electron chi connectivity index (χ4n) is 2.33. The van der Waals surface area contributed by atoms with Crippen molar-refractivity contribution in [2.45, 2.75) is 25.8 Å². The molecule has 104 valence electrons. The molecule has 1 N–H and O–H groups in total. The zero-order valence-electron chi connectivity index (χ0n) is 11.0. The summed E-state index contributed by atoms with van der Waals surface area (Å²) in [5.41, 5.74) is 1.92. The maximum atomic E-state index is 12.2. The number of carbonyl (C=O) groups is 1. The van der Waals surface area contributed by atoms with Gasteiger partial charge in [-0.3, -0.25) is 4.79 Å². The number of alkyl halides is 1. The molecule has 0 saturated heterocycles. The molecule has 2 heterocycles. The van der Waals surface area contributed by atoms with E-state index in [4.69, 9.17) is 11.6 Å². The van der Waals surface area contributed by atoms with Crippen LogP contribution in [0, 0.1) is 0 Å². The monoisotopic (exact) mass is 283 g/mol. The van der Waals surface area contributed by atoms with Crippen molar-refractivity contribution < 1.29 is 10.0 Å². The number of fused-ring (bicyclic) bond motifs is 1. The molecule has 0 aliphatic carbocycles. The summed E-state index contributed by atoms with van der Waals surface area (Å²) in [5.74, 6) is 0.608. The highest BCUT2D eigenvalue weighted by Crippen LogP contribution is 2.20. The maximum Gasteiger partial charge on any atom is 0.255 e. The van der Waals surface area contributed by atoms with Gasteiger partial charge in [0.05, 0.1) is 11.3 Å². The van der Waals surface area contributed by atoms with E-state index in [9.17, 15) is 10.0 Å². The van der Waals surface area contributed by atoms with Crippen LogP contribution in [0.2, 0.25) is 0 Å². The topological polar surface area (TPSA) is 57.8 Å². The number of rotatable bonds is 4. The highest BCUT2D eigenvalue weighted by atomic mass is 35.5. The Morgan fingerprint density at radius 3 is 2.95 bits per heavy atom. The number of aromatic nitrogens is 1. The van der Waals surface area contributed by atoms with Gasteiger partial charge in [0, 0.05) is 38.6 Å². The van der Waals surface area contributed by atoms with Crippen LogP contribution in [0.3, 0.4) is 0 Å². The van der Waals surface area contributed by atoms with Gasteiger partial charge in [-0.1, -0.05) is 5.16 Å². The second-order valence-electron chi connectivity index (χ2n) is 4.69. The first kappa shape index (κ1) is 13.9. The molecule has 6 heteroatoms. The van der Waals surface area contributed by atoms with Crippen LogP contribution in [0.1, 0.15) is 35.3 Å². The van der Waals surface area contributed by atoms with Crippen LogP contribution in [0.4, 0.5) is 0 Å². The largest absolute Gasteiger partial charge is 0.411 e. The smallest absolute Gasteiger partial charge is 0.255 e. The van der Waals surface area contributed by atoms with Gasteiger partial charge in [-0.05, 0) is 18.9 Å². The number of halogens is 1. The van der Waals surface area contributed by atoms with Gasteiger partial charge in [0.1, 0.15) is 5.71 Å². The average Bonchev–Trinajstić information content (AvgIpc) is 2.78. The van der Waals surface area contributed by atoms with Crippen molar-refractivity contribution in [2.75, 3.05) is 19.5 Å². The van der Waals surface area contributed by atoms with Crippen LogP contribution in [0.5, 0.6) is 0 Å². The van der Waals surface area contributed by atoms with Crippen molar-refractivity contribution in [3.8, 4) is 0 Å². The molecule has 2 rings (SSSR count). The van der Waals surface area contributed by atoms with Crippen LogP contribution >= 0.6 is 11.6 Å². The summed E-state index contributed by atoms with van der Waals surface area (Å²) < 4.78 is 1.98. The lowest BCUT2D eigenvalue weighted by Crippen LogP contribution is -2.26. The molecule has 0 spiro atoms. The summed E-state index contributed by atoms with van der Waals surface area (Å²) in [6, 6.07) is 1.80. The Bertz CT molecular complexity index is 496. The van der Waals surface area contributed by atoms with E-state index < -0.39 is 0 Å². The number of nitrogens with zero attached hydrogens (tertiary/aromatic N) is 3. The number of carbonyl (C=O) groups excluding carboxylic acids is 1. The van der Waals surface area contributed by atoms with Gasteiger partial charge in [-0.15, -0.1) is 11.6 Å². The predicted molar refractivity (Wildman–Crippen MR) is 74.3 cm³/mol. The molecule has 0 radical (unpaired) electrons. The highest BCUT2D eigenvalue weighted by Gasteiger charge is 2.26. The maximum absolute atomic E-state index is 12.2. The second-order valence-corrected chi connectivity index (χ2v) is 5.07. The summed E-state index contributed by atoms with van der Waals surface area (Å²) in [4.78, 5) is 13.8. The van der Waals surface area contributed by atoms with E-state index in [1.165, 1.54) is 0 Å². The standard InChI is InChI=1S/C13H18ClN3O2/c1-16-8-5-11(15-19)12-10(13(16)18)4-9-17(12)7-3-2-6-14/h4,9,19H,2-3,5-8H2,1H3/b15-11-. The number of hydrogen-bond donors (Lipinski definition) is 1. The SMILES string of the molecule is CN1CC/C(=N/O)c2c(ccn2CCCCCl)C1=O. The Morgan fingerprint density at radius 2 is 2.26 bits per heavy atom. The first-order valence-electron chi connectivity index (χ1n) is 6.41. The van der Waals surface area contributed by atoms with Crippen LogP contribution < -0.4 is 0 Å². The minimum Gasteiger partial charge on any atom is -0.411 e. The van der Waals surface area contributed by atoms with Crippen LogP contribution in [-0.2, 0) is 6.54 Å². The van der Waals surface area contributed by atoms with Crippen LogP contribution in [0.25, 0.3) is 0 Å². The minimum absolute atomic E-state index is 0.0234. The molecule has 5 nitrogen and oxygen atoms in total. The summed E-state index contributed by atoms with van der Waals surface area (Å²) in [5, 5.41) is 12.5. The molecule has 0 saturated carbocycles. The molecule has 0 atom stereocenters. The molecule has 1 aliphatic rings. The predicted octanol–water partition coefficient (Wildman–Crippen LogP) is 2.16. The molecule has 1 aromatic heterocycles. The molecule has 0 fully saturated rings. The zero-order chi connectivity index (χ0) is 13.8. The minimum atomic E-state index is -0.0234. The number of hydrogen-bond acceptors (Lipinski definition) is 3. The van der Waals surface area contributed by atoms with Crippen LogP contribution in [0.15, 0.2) is 17.4 Å². The third kappa shape index (κ3) is 2.76. The number of aryl methyl sites for hydroxylation is 1. The van der Waals surface area contributed by atoms with Gasteiger partial charge in [-0.25, -0.2) is 0 Å². The molecule has 1 aromatic rings. The normalized spacial score (nSPS) is 17.7. The summed E-state index contributed by atoms with van der Waals surface area (Å²) in [7, 11) is 1.76. The average molecular weight is 284 g/mol. The number of amides is 1. The third-order valence-corrected chi connectivity index (χ3v) is 3.67. The first-order chi connectivity index (χ1) is 9.19. The Kier molecular flexibility index (Phi) is 4.47. The molecule has 0 unspecified atom stereocenters. The van der Waals surface area contributed by atoms with E-state index in [0.29, 0.717) is 30.1 Å². The van der Waals surface area contributed by atoms with Gasteiger partial charge in [0.15, 0.2) is 0 Å². The summed E-state index contributed by atoms with van der Waals surface area (Å²) in [6.07, 6.45) is 4.30. The lowest BCUT2D eigenvalue weighted by Gasteiger charge is -2.12. The molecule has 0 aromatic carbocycles. The van der Waals surface area contributed by atoms with E-state index in [-0.39, 0.29) is 5.91 Å². The van der Waals surface area contributed by atoms with E-state index in [1.807, 2.05) is 10.8 Å². The fourth-order valence-corrected chi connectivity index (χ4v) is 2.51. The van der Waals surface area contributed by atoms with Crippen LogP contribution in [-0.4, -0.2) is 45.8 Å². The van der Waals surface area contributed by atoms with Gasteiger partial charge in [0.25, 0.3) is 5.91 Å². The molecule has 19 heavy (non-hydrogen) atoms. The van der Waals surface area contributed by atoms with Gasteiger partial charge in [0.2, 0.25) is 0 Å². The quantitative estimate of drug-likeness (QED) is 0.398. The van der Waals surface area contributed by atoms with Crippen molar-refractivity contribution in [3.05, 3.63) is 23.5 Å². The third-order valence-electron chi connectivity index (χ3n) is 3.40. The van der Waals surface area contributed by atoms with Crippen molar-refractivity contribution >= 4 is 23.2 Å². The molecular weight excluding hydrogens is 266 g/mol. The van der Waals surface area contributed by atoms with Gasteiger partial charge >= 0.3 is 0 Å². The van der Waals surface area contributed by atoms with E-state index in [2.05, 4.69) is 5.16 Å². The zero-order valence-corrected chi connectivity index (χ0v) is 11.7. The van der Waals surface area contributed by atoms with E-state index in [0.717, 1.165) is 25.1 Å². The van der Waals surface area contributed by atoms with E-state index in [1.54, 1.807) is 18.0 Å². The van der Waals surface area contributed by atoms with Crippen molar-refractivity contribution in [1.82, 2.24) is 9.47 Å². The van der Waals surface area contributed by atoms with Crippen molar-refractivity contribution in [3.63, 3.8) is 0 Å². The summed E-state index contributed by atoms with van der Waals surface area (Å²) >= 11 is 5.68. The Balaban J connectivity index is 2.35. The summed E-state index contributed by atoms with van der Waals surface area (Å²) in [6.45, 7) is 1.34. The lowest BCUT2D eigenvalue weighted by atomic mass is 10.1. The van der Waals surface area contributed by atoms with Crippen molar-refractivity contribution in [2.24, 2.45) is 5.16 Å². The van der Waals surface area contributed by atoms with Crippen molar-refractivity contribution in [1.29, 1.82) is 0 Å². The van der Waals surface area contributed by atoms with Gasteiger partial charge in [-0.2, -0.15) is 0 Å². The fraction of sp³-hybridized carbons (Fsp3) is 0.538. The first-order valence-corrected chi connectivity index (χ1v) is 6.94. The Morgan fingerprint density at radius 1 is 1.47 bits per heavy atom. The molecule has 1 amide bonds. The second kappa shape index (κ2) is 6.10. The molecular formula is C13H18ClN3O2. The van der Waals surface area contributed by atoms with Gasteiger partial charge < -0.3 is 14.7 Å². The lowest BCUT2D eigenvalue weighted by molar-refractivity contribution is 0.0801. The number of oxime groups is 1. The highest BCUT2D eigenvalue weighted by molar-refractivity contribution is 6.17.